The van der Waals surface area contributed by atoms with Crippen LogP contribution in [0.4, 0.5) is 5.82 Å². The summed E-state index contributed by atoms with van der Waals surface area (Å²) < 4.78 is 0. The van der Waals surface area contributed by atoms with Gasteiger partial charge < -0.3 is 10.6 Å². The van der Waals surface area contributed by atoms with Crippen molar-refractivity contribution in [2.24, 2.45) is 11.1 Å². The molecule has 0 radical (unpaired) electrons. The molecule has 1 unspecified atom stereocenters. The molecule has 2 heterocycles. The number of pyridine rings is 1. The molecule has 90 valence electrons. The molecule has 1 atom stereocenters. The van der Waals surface area contributed by atoms with E-state index in [1.54, 1.807) is 6.20 Å². The summed E-state index contributed by atoms with van der Waals surface area (Å²) >= 11 is 0. The Labute approximate surface area is 102 Å². The second-order valence-electron chi connectivity index (χ2n) is 5.32. The number of hydrogen-bond donors (Lipinski definition) is 1. The van der Waals surface area contributed by atoms with E-state index in [0.717, 1.165) is 25.3 Å². The largest absolute Gasteiger partial charge is 0.356 e. The maximum absolute atomic E-state index is 8.74. The van der Waals surface area contributed by atoms with Gasteiger partial charge in [0.05, 0.1) is 5.56 Å². The van der Waals surface area contributed by atoms with Crippen molar-refractivity contribution in [2.75, 3.05) is 18.0 Å². The van der Waals surface area contributed by atoms with Gasteiger partial charge in [-0.05, 0) is 24.0 Å². The number of anilines is 1. The van der Waals surface area contributed by atoms with Crippen molar-refractivity contribution < 1.29 is 0 Å². The summed E-state index contributed by atoms with van der Waals surface area (Å²) in [7, 11) is 0. The van der Waals surface area contributed by atoms with Crippen LogP contribution in [0.25, 0.3) is 0 Å². The minimum Gasteiger partial charge on any atom is -0.356 e. The van der Waals surface area contributed by atoms with E-state index >= 15 is 0 Å². The van der Waals surface area contributed by atoms with Crippen molar-refractivity contribution in [1.82, 2.24) is 4.98 Å². The van der Waals surface area contributed by atoms with Crippen LogP contribution in [0, 0.1) is 16.7 Å². The monoisotopic (exact) mass is 230 g/mol. The van der Waals surface area contributed by atoms with Gasteiger partial charge in [0.25, 0.3) is 0 Å². The van der Waals surface area contributed by atoms with E-state index in [2.05, 4.69) is 29.8 Å². The smallest absolute Gasteiger partial charge is 0.128 e. The molecule has 0 amide bonds. The Morgan fingerprint density at radius 1 is 1.53 bits per heavy atom. The van der Waals surface area contributed by atoms with E-state index in [4.69, 9.17) is 11.0 Å². The molecule has 0 saturated carbocycles. The maximum Gasteiger partial charge on any atom is 0.128 e. The van der Waals surface area contributed by atoms with Crippen LogP contribution in [-0.2, 0) is 0 Å². The number of rotatable bonds is 1. The first-order valence-corrected chi connectivity index (χ1v) is 5.89. The normalized spacial score (nSPS) is 23.2. The number of piperidine rings is 1. The van der Waals surface area contributed by atoms with Crippen molar-refractivity contribution in [3.8, 4) is 6.07 Å². The van der Waals surface area contributed by atoms with Gasteiger partial charge in [-0.25, -0.2) is 4.98 Å². The van der Waals surface area contributed by atoms with E-state index in [0.29, 0.717) is 5.56 Å². The first-order valence-electron chi connectivity index (χ1n) is 5.89. The molecule has 0 bridgehead atoms. The van der Waals surface area contributed by atoms with Gasteiger partial charge >= 0.3 is 0 Å². The van der Waals surface area contributed by atoms with Gasteiger partial charge in [0.15, 0.2) is 0 Å². The second kappa shape index (κ2) is 4.34. The Kier molecular flexibility index (Phi) is 3.03. The second-order valence-corrected chi connectivity index (χ2v) is 5.32. The van der Waals surface area contributed by atoms with Crippen molar-refractivity contribution in [1.29, 1.82) is 5.26 Å². The SMILES string of the molecule is CC1(C)CN(c2ccc(C#N)cn2)CCC1N. The lowest BCUT2D eigenvalue weighted by atomic mass is 9.80. The average molecular weight is 230 g/mol. The van der Waals surface area contributed by atoms with Crippen LogP contribution in [0.3, 0.4) is 0 Å². The highest BCUT2D eigenvalue weighted by Gasteiger charge is 2.33. The third kappa shape index (κ3) is 2.40. The fourth-order valence-corrected chi connectivity index (χ4v) is 2.21. The summed E-state index contributed by atoms with van der Waals surface area (Å²) in [6, 6.07) is 6.04. The zero-order valence-electron chi connectivity index (χ0n) is 10.3. The molecule has 4 nitrogen and oxygen atoms in total. The Morgan fingerprint density at radius 2 is 2.29 bits per heavy atom. The molecule has 1 aromatic heterocycles. The molecule has 1 aliphatic rings. The lowest BCUT2D eigenvalue weighted by molar-refractivity contribution is 0.244. The number of nitrogens with zero attached hydrogens (tertiary/aromatic N) is 3. The molecule has 0 aromatic carbocycles. The van der Waals surface area contributed by atoms with Gasteiger partial charge in [-0.1, -0.05) is 13.8 Å². The van der Waals surface area contributed by atoms with E-state index in [9.17, 15) is 0 Å². The number of nitrogens with two attached hydrogens (primary N) is 1. The van der Waals surface area contributed by atoms with Crippen molar-refractivity contribution >= 4 is 5.82 Å². The van der Waals surface area contributed by atoms with Gasteiger partial charge in [0, 0.05) is 25.3 Å². The Morgan fingerprint density at radius 3 is 2.82 bits per heavy atom. The average Bonchev–Trinajstić information content (AvgIpc) is 2.33. The van der Waals surface area contributed by atoms with E-state index in [-0.39, 0.29) is 11.5 Å². The summed E-state index contributed by atoms with van der Waals surface area (Å²) in [5.41, 5.74) is 6.81. The first-order chi connectivity index (χ1) is 8.03. The maximum atomic E-state index is 8.74. The number of aromatic nitrogens is 1. The molecule has 1 fully saturated rings. The molecule has 1 saturated heterocycles. The van der Waals surface area contributed by atoms with E-state index in [1.165, 1.54) is 0 Å². The molecule has 4 heteroatoms. The van der Waals surface area contributed by atoms with E-state index < -0.39 is 0 Å². The van der Waals surface area contributed by atoms with Crippen molar-refractivity contribution in [3.05, 3.63) is 23.9 Å². The van der Waals surface area contributed by atoms with Crippen molar-refractivity contribution in [2.45, 2.75) is 26.3 Å². The number of hydrogen-bond acceptors (Lipinski definition) is 4. The summed E-state index contributed by atoms with van der Waals surface area (Å²) in [4.78, 5) is 6.57. The van der Waals surface area contributed by atoms with Crippen LogP contribution in [0.2, 0.25) is 0 Å². The molecular weight excluding hydrogens is 212 g/mol. The van der Waals surface area contributed by atoms with Gasteiger partial charge in [-0.3, -0.25) is 0 Å². The van der Waals surface area contributed by atoms with Gasteiger partial charge in [0.1, 0.15) is 11.9 Å². The third-order valence-corrected chi connectivity index (χ3v) is 3.51. The van der Waals surface area contributed by atoms with Gasteiger partial charge in [-0.15, -0.1) is 0 Å². The van der Waals surface area contributed by atoms with Crippen LogP contribution in [0.1, 0.15) is 25.8 Å². The molecule has 1 aliphatic heterocycles. The molecule has 17 heavy (non-hydrogen) atoms. The Balaban J connectivity index is 2.15. The van der Waals surface area contributed by atoms with E-state index in [1.807, 2.05) is 12.1 Å². The highest BCUT2D eigenvalue weighted by atomic mass is 15.2. The lowest BCUT2D eigenvalue weighted by Gasteiger charge is -2.43. The molecule has 0 spiro atoms. The summed E-state index contributed by atoms with van der Waals surface area (Å²) in [5, 5.41) is 8.74. The lowest BCUT2D eigenvalue weighted by Crippen LogP contribution is -2.52. The summed E-state index contributed by atoms with van der Waals surface area (Å²) in [6.07, 6.45) is 2.60. The first kappa shape index (κ1) is 11.9. The molecular formula is C13H18N4. The van der Waals surface area contributed by atoms with Gasteiger partial charge in [0.2, 0.25) is 0 Å². The highest BCUT2D eigenvalue weighted by molar-refractivity contribution is 5.42. The zero-order chi connectivity index (χ0) is 12.5. The molecule has 1 aromatic rings. The molecule has 0 aliphatic carbocycles. The summed E-state index contributed by atoms with van der Waals surface area (Å²) in [6.45, 7) is 6.22. The van der Waals surface area contributed by atoms with Crippen LogP contribution < -0.4 is 10.6 Å². The predicted octanol–water partition coefficient (Wildman–Crippen LogP) is 1.52. The predicted molar refractivity (Wildman–Crippen MR) is 67.5 cm³/mol. The van der Waals surface area contributed by atoms with Crippen LogP contribution >= 0.6 is 0 Å². The Bertz CT molecular complexity index is 430. The Hall–Kier alpha value is -1.60. The molecule has 2 N–H and O–H groups in total. The number of nitriles is 1. The third-order valence-electron chi connectivity index (χ3n) is 3.51. The molecule has 2 rings (SSSR count). The fourth-order valence-electron chi connectivity index (χ4n) is 2.21. The van der Waals surface area contributed by atoms with Crippen LogP contribution in [0.15, 0.2) is 18.3 Å². The summed E-state index contributed by atoms with van der Waals surface area (Å²) in [5.74, 6) is 0.934. The minimum absolute atomic E-state index is 0.105. The van der Waals surface area contributed by atoms with Gasteiger partial charge in [-0.2, -0.15) is 5.26 Å². The fraction of sp³-hybridized carbons (Fsp3) is 0.538. The topological polar surface area (TPSA) is 65.9 Å². The van der Waals surface area contributed by atoms with Crippen molar-refractivity contribution in [3.63, 3.8) is 0 Å². The highest BCUT2D eigenvalue weighted by Crippen LogP contribution is 2.29. The quantitative estimate of drug-likeness (QED) is 0.794. The standard InChI is InChI=1S/C13H18N4/c1-13(2)9-17(6-5-11(13)15)12-4-3-10(7-14)8-16-12/h3-4,8,11H,5-6,9,15H2,1-2H3. The zero-order valence-corrected chi connectivity index (χ0v) is 10.3. The minimum atomic E-state index is 0.105. The van der Waals surface area contributed by atoms with Crippen LogP contribution in [-0.4, -0.2) is 24.1 Å². The van der Waals surface area contributed by atoms with Crippen LogP contribution in [0.5, 0.6) is 0 Å².